The molecule has 0 aromatic heterocycles. The van der Waals surface area contributed by atoms with E-state index in [1.165, 1.54) is 0 Å². The number of nitrogen functional groups attached to an aromatic ring is 2. The maximum Gasteiger partial charge on any atom is 0.0789 e. The first-order chi connectivity index (χ1) is 27.6. The van der Waals surface area contributed by atoms with Gasteiger partial charge in [-0.05, 0) is 128 Å². The van der Waals surface area contributed by atoms with E-state index >= 15 is 0 Å². The third kappa shape index (κ3) is 12.0. The van der Waals surface area contributed by atoms with Gasteiger partial charge in [0.15, 0.2) is 0 Å². The van der Waals surface area contributed by atoms with E-state index in [0.29, 0.717) is 5.69 Å². The van der Waals surface area contributed by atoms with Crippen molar-refractivity contribution in [2.45, 2.75) is 20.3 Å². The molecule has 0 spiro atoms. The van der Waals surface area contributed by atoms with E-state index in [4.69, 9.17) is 33.1 Å². The monoisotopic (exact) mass is 750 g/mol. The van der Waals surface area contributed by atoms with Crippen LogP contribution in [0.2, 0.25) is 0 Å². The van der Waals surface area contributed by atoms with Gasteiger partial charge >= 0.3 is 0 Å². The van der Waals surface area contributed by atoms with Crippen LogP contribution in [0.3, 0.4) is 0 Å². The van der Waals surface area contributed by atoms with Crippen molar-refractivity contribution < 1.29 is 0 Å². The molecule has 8 nitrogen and oxygen atoms in total. The van der Waals surface area contributed by atoms with E-state index < -0.39 is 0 Å². The van der Waals surface area contributed by atoms with Gasteiger partial charge in [0.1, 0.15) is 0 Å². The molecule has 0 atom stereocenters. The van der Waals surface area contributed by atoms with Crippen LogP contribution in [-0.2, 0) is 0 Å². The summed E-state index contributed by atoms with van der Waals surface area (Å²) in [4.78, 5) is 4.34. The summed E-state index contributed by atoms with van der Waals surface area (Å²) >= 11 is 0. The zero-order valence-corrected chi connectivity index (χ0v) is 32.5. The number of hydrogen-bond donors (Lipinski definition) is 6. The topological polar surface area (TPSA) is 154 Å². The molecular weight excluding hydrogens is 701 g/mol. The average molecular weight is 751 g/mol. The Kier molecular flexibility index (Phi) is 15.8. The average Bonchev–Trinajstić information content (AvgIpc) is 3.22. The summed E-state index contributed by atoms with van der Waals surface area (Å²) in [6, 6.07) is 32.9. The molecule has 4 aromatic carbocycles. The largest absolute Gasteiger partial charge is 0.399 e. The quantitative estimate of drug-likeness (QED) is 0.0513. The Balaban J connectivity index is 0.000000369. The minimum Gasteiger partial charge on any atom is -0.399 e. The zero-order chi connectivity index (χ0) is 41.2. The van der Waals surface area contributed by atoms with Crippen molar-refractivity contribution in [1.29, 1.82) is 21.6 Å². The molecule has 8 heteroatoms. The summed E-state index contributed by atoms with van der Waals surface area (Å²) in [6.45, 7) is 12.1. The number of rotatable bonds is 11. The van der Waals surface area contributed by atoms with Crippen LogP contribution in [0, 0.1) is 21.6 Å². The Morgan fingerprint density at radius 1 is 0.579 bits per heavy atom. The molecule has 0 aliphatic heterocycles. The van der Waals surface area contributed by atoms with Crippen LogP contribution in [0.25, 0.3) is 11.1 Å². The second-order valence-corrected chi connectivity index (χ2v) is 12.6. The van der Waals surface area contributed by atoms with Gasteiger partial charge in [0.25, 0.3) is 0 Å². The van der Waals surface area contributed by atoms with E-state index in [9.17, 15) is 0 Å². The Morgan fingerprint density at radius 2 is 0.982 bits per heavy atom. The van der Waals surface area contributed by atoms with Crippen molar-refractivity contribution in [3.63, 3.8) is 0 Å². The first-order valence-electron chi connectivity index (χ1n) is 18.4. The fourth-order valence-corrected chi connectivity index (χ4v) is 5.69. The van der Waals surface area contributed by atoms with Gasteiger partial charge < -0.3 is 21.3 Å². The molecular formula is C49H50N8. The molecule has 2 aliphatic carbocycles. The summed E-state index contributed by atoms with van der Waals surface area (Å²) in [7, 11) is 0. The number of hydrogen-bond acceptors (Lipinski definition) is 8. The third-order valence-corrected chi connectivity index (χ3v) is 8.53. The lowest BCUT2D eigenvalue weighted by Crippen LogP contribution is -2.15. The van der Waals surface area contributed by atoms with E-state index in [2.05, 4.69) is 110 Å². The van der Waals surface area contributed by atoms with Gasteiger partial charge in [-0.15, -0.1) is 0 Å². The molecule has 0 bridgehead atoms. The number of nitrogens with one attached hydrogen (secondary N) is 4. The van der Waals surface area contributed by atoms with E-state index in [1.807, 2.05) is 54.6 Å². The van der Waals surface area contributed by atoms with Crippen LogP contribution in [0.15, 0.2) is 207 Å². The summed E-state index contributed by atoms with van der Waals surface area (Å²) in [6.07, 6.45) is 26.3. The number of anilines is 6. The van der Waals surface area contributed by atoms with Gasteiger partial charge in [-0.1, -0.05) is 99.0 Å². The fourth-order valence-electron chi connectivity index (χ4n) is 5.69. The molecule has 286 valence electrons. The first-order valence-corrected chi connectivity index (χ1v) is 18.4. The maximum absolute atomic E-state index is 7.03. The van der Waals surface area contributed by atoms with Crippen molar-refractivity contribution >= 4 is 57.0 Å². The second-order valence-electron chi connectivity index (χ2n) is 12.6. The predicted molar refractivity (Wildman–Crippen MR) is 247 cm³/mol. The highest BCUT2D eigenvalue weighted by Gasteiger charge is 2.15. The molecule has 0 saturated carbocycles. The third-order valence-electron chi connectivity index (χ3n) is 8.53. The van der Waals surface area contributed by atoms with Gasteiger partial charge in [0.2, 0.25) is 0 Å². The second kappa shape index (κ2) is 21.3. The fraction of sp³-hybridized carbons (Fsp3) is 0.0612. The van der Waals surface area contributed by atoms with Gasteiger partial charge in [-0.2, -0.15) is 0 Å². The lowest BCUT2D eigenvalue weighted by molar-refractivity contribution is 1.17. The maximum atomic E-state index is 7.03. The molecule has 0 saturated heterocycles. The van der Waals surface area contributed by atoms with E-state index in [-0.39, 0.29) is 22.8 Å². The van der Waals surface area contributed by atoms with Crippen molar-refractivity contribution in [1.82, 2.24) is 0 Å². The van der Waals surface area contributed by atoms with Gasteiger partial charge in [-0.3, -0.25) is 21.6 Å². The first kappa shape index (κ1) is 42.2. The Labute approximate surface area is 336 Å². The number of nitrogens with zero attached hydrogens (tertiary/aromatic N) is 2. The smallest absolute Gasteiger partial charge is 0.0789 e. The molecule has 2 aliphatic rings. The SMILES string of the molecule is C=C/C=C(\C=C)N(c1ccc(-c2ccc(N(C(/C=C\CC)=C/C)c3cccc(N)c3)cc2)cc1)c1cccc(N)c1.N=C1C=CC=CC1=N.N=C1C=CC=CC1=N. The standard InChI is InChI=1S/C37H38N4.2C6H6N2/c1-5-9-15-33(8-4)41(37-17-11-14-31(39)27-37)35-24-20-29(21-25-35)28-18-22-34(23-19-28)40(32(7-3)12-6-2)36-16-10-13-30(38)26-36;2*7-5-3-1-2-4-6(5)8/h6-27H,2-3,5,38-39H2,1,4H3;2*1-4,7-8H/b15-9-,32-12+,33-8+;;. The van der Waals surface area contributed by atoms with Gasteiger partial charge in [0.05, 0.1) is 22.8 Å². The lowest BCUT2D eigenvalue weighted by atomic mass is 10.0. The highest BCUT2D eigenvalue weighted by atomic mass is 15.2. The number of nitrogens with two attached hydrogens (primary N) is 2. The van der Waals surface area contributed by atoms with Crippen molar-refractivity contribution in [2.24, 2.45) is 0 Å². The summed E-state index contributed by atoms with van der Waals surface area (Å²) in [5.41, 5.74) is 23.1. The van der Waals surface area contributed by atoms with Crippen LogP contribution in [0.1, 0.15) is 20.3 Å². The molecule has 4 aromatic rings. The van der Waals surface area contributed by atoms with Crippen molar-refractivity contribution in [3.8, 4) is 11.1 Å². The summed E-state index contributed by atoms with van der Waals surface area (Å²) in [5.74, 6) is 0. The zero-order valence-electron chi connectivity index (χ0n) is 32.5. The molecule has 0 unspecified atom stereocenters. The lowest BCUT2D eigenvalue weighted by Gasteiger charge is -2.27. The Morgan fingerprint density at radius 3 is 1.30 bits per heavy atom. The Bertz CT molecular complexity index is 2230. The van der Waals surface area contributed by atoms with Gasteiger partial charge in [-0.25, -0.2) is 0 Å². The van der Waals surface area contributed by atoms with E-state index in [0.717, 1.165) is 57.4 Å². The molecule has 0 amide bonds. The van der Waals surface area contributed by atoms with Crippen LogP contribution in [0.4, 0.5) is 34.1 Å². The molecule has 8 N–H and O–H groups in total. The molecule has 0 radical (unpaired) electrons. The highest BCUT2D eigenvalue weighted by Crippen LogP contribution is 2.36. The number of allylic oxidation sites excluding steroid dienone is 14. The molecule has 0 heterocycles. The van der Waals surface area contributed by atoms with E-state index in [1.54, 1.807) is 54.7 Å². The minimum atomic E-state index is 0.285. The molecule has 57 heavy (non-hydrogen) atoms. The highest BCUT2D eigenvalue weighted by molar-refractivity contribution is 6.49. The number of benzene rings is 4. The van der Waals surface area contributed by atoms with Crippen molar-refractivity contribution in [2.75, 3.05) is 21.3 Å². The molecule has 0 fully saturated rings. The van der Waals surface area contributed by atoms with Crippen LogP contribution < -0.4 is 21.3 Å². The van der Waals surface area contributed by atoms with Crippen LogP contribution in [0.5, 0.6) is 0 Å². The predicted octanol–water partition coefficient (Wildman–Crippen LogP) is 12.2. The minimum absolute atomic E-state index is 0.285. The van der Waals surface area contributed by atoms with Gasteiger partial charge in [0, 0.05) is 45.5 Å². The van der Waals surface area contributed by atoms with Crippen LogP contribution in [-0.4, -0.2) is 22.8 Å². The molecule has 6 rings (SSSR count). The Hall–Kier alpha value is -7.58. The van der Waals surface area contributed by atoms with Crippen LogP contribution >= 0.6 is 0 Å². The normalized spacial score (nSPS) is 13.4. The van der Waals surface area contributed by atoms with Crippen molar-refractivity contribution in [3.05, 3.63) is 207 Å². The summed E-state index contributed by atoms with van der Waals surface area (Å²) < 4.78 is 0. The summed E-state index contributed by atoms with van der Waals surface area (Å²) in [5, 5.41) is 28.1.